The number of hydrogen-bond acceptors (Lipinski definition) is 5. The molecule has 0 spiro atoms. The lowest BCUT2D eigenvalue weighted by Gasteiger charge is -2.08. The Hall–Kier alpha value is -3.35. The Morgan fingerprint density at radius 2 is 1.96 bits per heavy atom. The maximum atomic E-state index is 12.2. The van der Waals surface area contributed by atoms with Gasteiger partial charge in [-0.25, -0.2) is 4.98 Å². The minimum atomic E-state index is -0.559. The molecule has 0 saturated heterocycles. The van der Waals surface area contributed by atoms with Crippen LogP contribution in [0.15, 0.2) is 57.9 Å². The van der Waals surface area contributed by atoms with E-state index in [0.29, 0.717) is 12.2 Å². The molecule has 3 rings (SSSR count). The van der Waals surface area contributed by atoms with Gasteiger partial charge in [-0.1, -0.05) is 30.3 Å². The minimum absolute atomic E-state index is 0.0262. The van der Waals surface area contributed by atoms with Crippen LogP contribution in [-0.2, 0) is 12.8 Å². The third-order valence-electron chi connectivity index (χ3n) is 3.47. The first-order valence-electron chi connectivity index (χ1n) is 7.41. The number of aromatic amines is 1. The quantitative estimate of drug-likeness (QED) is 0.664. The van der Waals surface area contributed by atoms with E-state index in [1.807, 2.05) is 30.3 Å². The number of nitrogens with zero attached hydrogens (tertiary/aromatic N) is 1. The summed E-state index contributed by atoms with van der Waals surface area (Å²) in [4.78, 5) is 30.9. The molecule has 4 N–H and O–H groups in total. The largest absolute Gasteiger partial charge is 0.459 e. The van der Waals surface area contributed by atoms with Gasteiger partial charge in [-0.05, 0) is 24.1 Å². The molecule has 0 fully saturated rings. The van der Waals surface area contributed by atoms with Crippen LogP contribution in [0.1, 0.15) is 21.9 Å². The summed E-state index contributed by atoms with van der Waals surface area (Å²) in [6.07, 6.45) is 2.63. The molecule has 0 aliphatic carbocycles. The van der Waals surface area contributed by atoms with E-state index in [-0.39, 0.29) is 17.3 Å². The minimum Gasteiger partial charge on any atom is -0.459 e. The van der Waals surface area contributed by atoms with Crippen molar-refractivity contribution < 1.29 is 9.21 Å². The van der Waals surface area contributed by atoms with Crippen molar-refractivity contribution >= 4 is 17.4 Å². The van der Waals surface area contributed by atoms with Crippen molar-refractivity contribution in [1.82, 2.24) is 9.97 Å². The Bertz CT molecular complexity index is 886. The van der Waals surface area contributed by atoms with E-state index >= 15 is 0 Å². The molecule has 122 valence electrons. The fourth-order valence-corrected chi connectivity index (χ4v) is 2.27. The zero-order chi connectivity index (χ0) is 16.9. The highest BCUT2D eigenvalue weighted by atomic mass is 16.3. The van der Waals surface area contributed by atoms with E-state index in [0.717, 1.165) is 12.0 Å². The van der Waals surface area contributed by atoms with Gasteiger partial charge in [0.25, 0.3) is 11.5 Å². The smallest absolute Gasteiger partial charge is 0.291 e. The lowest BCUT2D eigenvalue weighted by molar-refractivity contribution is 0.0996. The van der Waals surface area contributed by atoms with Crippen LogP contribution in [0.25, 0.3) is 0 Å². The first-order chi connectivity index (χ1) is 11.6. The molecule has 2 aromatic heterocycles. The molecule has 1 aromatic carbocycles. The van der Waals surface area contributed by atoms with Gasteiger partial charge in [-0.15, -0.1) is 0 Å². The van der Waals surface area contributed by atoms with Gasteiger partial charge >= 0.3 is 0 Å². The van der Waals surface area contributed by atoms with Gasteiger partial charge in [0.15, 0.2) is 17.3 Å². The van der Waals surface area contributed by atoms with E-state index in [2.05, 4.69) is 15.3 Å². The number of nitrogens with two attached hydrogens (primary N) is 1. The summed E-state index contributed by atoms with van der Waals surface area (Å²) < 4.78 is 4.97. The van der Waals surface area contributed by atoms with Gasteiger partial charge in [0.2, 0.25) is 0 Å². The van der Waals surface area contributed by atoms with Crippen LogP contribution >= 0.6 is 0 Å². The number of rotatable bonds is 5. The van der Waals surface area contributed by atoms with Crippen molar-refractivity contribution in [3.05, 3.63) is 76.2 Å². The van der Waals surface area contributed by atoms with Crippen molar-refractivity contribution in [2.24, 2.45) is 0 Å². The number of aromatic nitrogens is 2. The number of carbonyl (C=O) groups is 1. The molecule has 24 heavy (non-hydrogen) atoms. The highest BCUT2D eigenvalue weighted by molar-refractivity contribution is 6.03. The molecule has 0 unspecified atom stereocenters. The van der Waals surface area contributed by atoms with Gasteiger partial charge < -0.3 is 20.5 Å². The summed E-state index contributed by atoms with van der Waals surface area (Å²) >= 11 is 0. The molecule has 0 bridgehead atoms. The van der Waals surface area contributed by atoms with Crippen LogP contribution in [0.5, 0.6) is 0 Å². The number of amides is 1. The Balaban J connectivity index is 1.74. The number of H-pyrrole nitrogens is 1. The molecule has 3 aromatic rings. The van der Waals surface area contributed by atoms with Crippen molar-refractivity contribution in [3.8, 4) is 0 Å². The normalized spacial score (nSPS) is 10.5. The van der Waals surface area contributed by atoms with Crippen LogP contribution in [0.3, 0.4) is 0 Å². The maximum Gasteiger partial charge on any atom is 0.291 e. The fourth-order valence-electron chi connectivity index (χ4n) is 2.27. The fraction of sp³-hybridized carbons (Fsp3) is 0.118. The number of anilines is 2. The molecular formula is C17H16N4O3. The van der Waals surface area contributed by atoms with Gasteiger partial charge in [0, 0.05) is 6.42 Å². The van der Waals surface area contributed by atoms with Crippen molar-refractivity contribution in [1.29, 1.82) is 0 Å². The SMILES string of the molecule is Nc1nc(CCc2ccccc2)[nH]c(=O)c1NC(=O)c1ccco1. The average Bonchev–Trinajstić information content (AvgIpc) is 3.12. The summed E-state index contributed by atoms with van der Waals surface area (Å²) in [7, 11) is 0. The Labute approximate surface area is 137 Å². The predicted molar refractivity (Wildman–Crippen MR) is 89.8 cm³/mol. The topological polar surface area (TPSA) is 114 Å². The molecular weight excluding hydrogens is 308 g/mol. The number of nitrogen functional groups attached to an aromatic ring is 1. The van der Waals surface area contributed by atoms with Crippen molar-refractivity contribution in [2.75, 3.05) is 11.1 Å². The Morgan fingerprint density at radius 1 is 1.17 bits per heavy atom. The summed E-state index contributed by atoms with van der Waals surface area (Å²) in [5.74, 6) is -0.0305. The van der Waals surface area contributed by atoms with E-state index in [4.69, 9.17) is 10.2 Å². The van der Waals surface area contributed by atoms with Crippen LogP contribution in [0, 0.1) is 0 Å². The molecule has 2 heterocycles. The average molecular weight is 324 g/mol. The number of benzene rings is 1. The van der Waals surface area contributed by atoms with Crippen LogP contribution < -0.4 is 16.6 Å². The molecule has 7 heteroatoms. The van der Waals surface area contributed by atoms with Crippen molar-refractivity contribution in [3.63, 3.8) is 0 Å². The van der Waals surface area contributed by atoms with Gasteiger partial charge in [0.05, 0.1) is 6.26 Å². The standard InChI is InChI=1S/C17H16N4O3/c18-15-14(21-16(22)12-7-4-10-24-12)17(23)20-13(19-15)9-8-11-5-2-1-3-6-11/h1-7,10H,8-9H2,(H,21,22)(H3,18,19,20,23). The molecule has 1 amide bonds. The van der Waals surface area contributed by atoms with E-state index < -0.39 is 11.5 Å². The zero-order valence-electron chi connectivity index (χ0n) is 12.8. The van der Waals surface area contributed by atoms with Gasteiger partial charge in [-0.3, -0.25) is 9.59 Å². The molecule has 0 aliphatic rings. The highest BCUT2D eigenvalue weighted by Gasteiger charge is 2.15. The maximum absolute atomic E-state index is 12.2. The molecule has 0 saturated carbocycles. The van der Waals surface area contributed by atoms with E-state index in [9.17, 15) is 9.59 Å². The monoisotopic (exact) mass is 324 g/mol. The third-order valence-corrected chi connectivity index (χ3v) is 3.47. The van der Waals surface area contributed by atoms with Crippen LogP contribution in [0.2, 0.25) is 0 Å². The van der Waals surface area contributed by atoms with Crippen LogP contribution in [-0.4, -0.2) is 15.9 Å². The van der Waals surface area contributed by atoms with Gasteiger partial charge in [-0.2, -0.15) is 0 Å². The summed E-state index contributed by atoms with van der Waals surface area (Å²) in [6, 6.07) is 12.9. The third kappa shape index (κ3) is 3.52. The molecule has 0 radical (unpaired) electrons. The second-order valence-electron chi connectivity index (χ2n) is 5.19. The van der Waals surface area contributed by atoms with E-state index in [1.54, 1.807) is 6.07 Å². The number of aryl methyl sites for hydroxylation is 2. The van der Waals surface area contributed by atoms with Crippen molar-refractivity contribution in [2.45, 2.75) is 12.8 Å². The number of carbonyl (C=O) groups excluding carboxylic acids is 1. The van der Waals surface area contributed by atoms with Crippen LogP contribution in [0.4, 0.5) is 11.5 Å². The lowest BCUT2D eigenvalue weighted by Crippen LogP contribution is -2.23. The summed E-state index contributed by atoms with van der Waals surface area (Å²) in [5.41, 5.74) is 6.37. The Morgan fingerprint density at radius 3 is 2.62 bits per heavy atom. The lowest BCUT2D eigenvalue weighted by atomic mass is 10.1. The van der Waals surface area contributed by atoms with E-state index in [1.165, 1.54) is 12.3 Å². The van der Waals surface area contributed by atoms with Gasteiger partial charge in [0.1, 0.15) is 5.82 Å². The Kier molecular flexibility index (Phi) is 4.42. The first-order valence-corrected chi connectivity index (χ1v) is 7.41. The zero-order valence-corrected chi connectivity index (χ0v) is 12.8. The summed E-state index contributed by atoms with van der Waals surface area (Å²) in [6.45, 7) is 0. The molecule has 0 atom stereocenters. The number of hydrogen-bond donors (Lipinski definition) is 3. The first kappa shape index (κ1) is 15.5. The second-order valence-corrected chi connectivity index (χ2v) is 5.19. The predicted octanol–water partition coefficient (Wildman–Crippen LogP) is 1.98. The molecule has 7 nitrogen and oxygen atoms in total. The number of nitrogens with one attached hydrogen (secondary N) is 2. The second kappa shape index (κ2) is 6.82. The highest BCUT2D eigenvalue weighted by Crippen LogP contribution is 2.12. The molecule has 0 aliphatic heterocycles. The summed E-state index contributed by atoms with van der Waals surface area (Å²) in [5, 5.41) is 2.42. The number of furan rings is 1.